The van der Waals surface area contributed by atoms with Crippen LogP contribution in [-0.4, -0.2) is 17.3 Å². The fourth-order valence-corrected chi connectivity index (χ4v) is 2.33. The zero-order chi connectivity index (χ0) is 20.0. The van der Waals surface area contributed by atoms with Crippen molar-refractivity contribution in [2.24, 2.45) is 0 Å². The molecule has 3 rings (SSSR count). The second-order valence-corrected chi connectivity index (χ2v) is 5.69. The molecule has 3 aromatic rings. The summed E-state index contributed by atoms with van der Waals surface area (Å²) in [6, 6.07) is 15.4. The highest BCUT2D eigenvalue weighted by Gasteiger charge is 2.31. The maximum atomic E-state index is 12.3. The summed E-state index contributed by atoms with van der Waals surface area (Å²) in [5.74, 6) is 0.0421. The number of amides is 1. The number of nitrogens with zero attached hydrogens (tertiary/aromatic N) is 1. The molecule has 28 heavy (non-hydrogen) atoms. The Labute approximate surface area is 158 Å². The minimum atomic E-state index is -4.76. The highest BCUT2D eigenvalue weighted by Crippen LogP contribution is 2.28. The number of nitrogens with one attached hydrogen (secondary N) is 1. The fraction of sp³-hybridized carbons (Fsp3) is 0.100. The molecule has 0 atom stereocenters. The van der Waals surface area contributed by atoms with Crippen LogP contribution in [0.1, 0.15) is 15.9 Å². The summed E-state index contributed by atoms with van der Waals surface area (Å²) >= 11 is 0. The summed E-state index contributed by atoms with van der Waals surface area (Å²) in [6.07, 6.45) is -1.70. The number of halogens is 3. The number of hydrogen-bond donors (Lipinski definition) is 1. The average Bonchev–Trinajstić information content (AvgIpc) is 2.67. The number of pyridine rings is 1. The number of carbonyl (C=O) groups excluding carboxylic acids is 1. The third-order valence-corrected chi connectivity index (χ3v) is 3.57. The smallest absolute Gasteiger partial charge is 0.457 e. The summed E-state index contributed by atoms with van der Waals surface area (Å²) in [5, 5.41) is 2.77. The van der Waals surface area contributed by atoms with Crippen LogP contribution in [0.2, 0.25) is 0 Å². The second kappa shape index (κ2) is 8.43. The Kier molecular flexibility index (Phi) is 5.78. The number of hydrogen-bond acceptors (Lipinski definition) is 4. The third-order valence-electron chi connectivity index (χ3n) is 3.57. The van der Waals surface area contributed by atoms with Crippen LogP contribution in [0, 0.1) is 0 Å². The van der Waals surface area contributed by atoms with Gasteiger partial charge in [0.1, 0.15) is 17.2 Å². The average molecular weight is 388 g/mol. The van der Waals surface area contributed by atoms with Crippen LogP contribution < -0.4 is 14.8 Å². The molecule has 1 amide bonds. The van der Waals surface area contributed by atoms with Gasteiger partial charge in [0, 0.05) is 25.0 Å². The Hall–Kier alpha value is -3.55. The standard InChI is InChI=1S/C20H15F3N2O3/c21-20(22,23)28-18-5-1-4-17(11-18)27-16-8-6-14(7-9-16)12-25-19(26)15-3-2-10-24-13-15/h1-11,13H,12H2,(H,25,26). The highest BCUT2D eigenvalue weighted by molar-refractivity contribution is 5.93. The molecule has 0 aliphatic carbocycles. The molecular formula is C20H15F3N2O3. The zero-order valence-corrected chi connectivity index (χ0v) is 14.4. The monoisotopic (exact) mass is 388 g/mol. The maximum absolute atomic E-state index is 12.3. The lowest BCUT2D eigenvalue weighted by atomic mass is 10.2. The molecule has 0 saturated heterocycles. The van der Waals surface area contributed by atoms with Gasteiger partial charge in [-0.1, -0.05) is 18.2 Å². The number of aromatic nitrogens is 1. The summed E-state index contributed by atoms with van der Waals surface area (Å²) in [6.45, 7) is 0.308. The number of alkyl halides is 3. The summed E-state index contributed by atoms with van der Waals surface area (Å²) < 4.78 is 46.3. The first-order valence-electron chi connectivity index (χ1n) is 8.20. The Balaban J connectivity index is 1.57. The van der Waals surface area contributed by atoms with Gasteiger partial charge in [-0.3, -0.25) is 9.78 Å². The molecule has 2 aromatic carbocycles. The van der Waals surface area contributed by atoms with Crippen molar-refractivity contribution in [1.29, 1.82) is 0 Å². The van der Waals surface area contributed by atoms with Gasteiger partial charge in [-0.15, -0.1) is 13.2 Å². The van der Waals surface area contributed by atoms with Crippen molar-refractivity contribution in [1.82, 2.24) is 10.3 Å². The number of rotatable bonds is 6. The third kappa shape index (κ3) is 5.73. The SMILES string of the molecule is O=C(NCc1ccc(Oc2cccc(OC(F)(F)F)c2)cc1)c1cccnc1. The molecule has 0 radical (unpaired) electrons. The molecule has 0 saturated carbocycles. The van der Waals surface area contributed by atoms with Gasteiger partial charge < -0.3 is 14.8 Å². The lowest BCUT2D eigenvalue weighted by Gasteiger charge is -2.11. The van der Waals surface area contributed by atoms with E-state index in [1.54, 1.807) is 42.6 Å². The summed E-state index contributed by atoms with van der Waals surface area (Å²) in [7, 11) is 0. The lowest BCUT2D eigenvalue weighted by molar-refractivity contribution is -0.274. The van der Waals surface area contributed by atoms with Crippen molar-refractivity contribution in [3.05, 3.63) is 84.2 Å². The van der Waals surface area contributed by atoms with E-state index in [9.17, 15) is 18.0 Å². The normalized spacial score (nSPS) is 11.0. The first kappa shape index (κ1) is 19.2. The molecule has 1 N–H and O–H groups in total. The predicted octanol–water partition coefficient (Wildman–Crippen LogP) is 4.70. The summed E-state index contributed by atoms with van der Waals surface area (Å²) in [4.78, 5) is 15.9. The zero-order valence-electron chi connectivity index (χ0n) is 14.4. The van der Waals surface area contributed by atoms with Gasteiger partial charge in [0.05, 0.1) is 5.56 Å². The Morgan fingerprint density at radius 1 is 0.964 bits per heavy atom. The lowest BCUT2D eigenvalue weighted by Crippen LogP contribution is -2.22. The van der Waals surface area contributed by atoms with Crippen molar-refractivity contribution in [3.8, 4) is 17.2 Å². The van der Waals surface area contributed by atoms with Gasteiger partial charge in [-0.2, -0.15) is 0 Å². The van der Waals surface area contributed by atoms with Crippen molar-refractivity contribution < 1.29 is 27.4 Å². The molecule has 0 unspecified atom stereocenters. The van der Waals surface area contributed by atoms with E-state index < -0.39 is 6.36 Å². The van der Waals surface area contributed by atoms with Crippen molar-refractivity contribution in [2.45, 2.75) is 12.9 Å². The van der Waals surface area contributed by atoms with Gasteiger partial charge in [-0.25, -0.2) is 0 Å². The first-order chi connectivity index (χ1) is 13.4. The van der Waals surface area contributed by atoms with E-state index in [1.807, 2.05) is 0 Å². The van der Waals surface area contributed by atoms with Crippen LogP contribution in [0.15, 0.2) is 73.1 Å². The van der Waals surface area contributed by atoms with E-state index in [1.165, 1.54) is 24.4 Å². The Morgan fingerprint density at radius 3 is 2.39 bits per heavy atom. The molecule has 0 spiro atoms. The minimum Gasteiger partial charge on any atom is -0.457 e. The molecule has 8 heteroatoms. The molecular weight excluding hydrogens is 373 g/mol. The van der Waals surface area contributed by atoms with Crippen molar-refractivity contribution in [3.63, 3.8) is 0 Å². The quantitative estimate of drug-likeness (QED) is 0.665. The molecule has 5 nitrogen and oxygen atoms in total. The predicted molar refractivity (Wildman–Crippen MR) is 95.0 cm³/mol. The largest absolute Gasteiger partial charge is 0.573 e. The number of benzene rings is 2. The molecule has 0 fully saturated rings. The number of carbonyl (C=O) groups is 1. The van der Waals surface area contributed by atoms with Gasteiger partial charge in [0.2, 0.25) is 0 Å². The topological polar surface area (TPSA) is 60.5 Å². The van der Waals surface area contributed by atoms with E-state index >= 15 is 0 Å². The Bertz CT molecular complexity index is 929. The molecule has 0 aliphatic rings. The van der Waals surface area contributed by atoms with Crippen molar-refractivity contribution >= 4 is 5.91 Å². The molecule has 1 heterocycles. The van der Waals surface area contributed by atoms with Crippen LogP contribution in [-0.2, 0) is 6.54 Å². The van der Waals surface area contributed by atoms with E-state index in [0.29, 0.717) is 17.9 Å². The van der Waals surface area contributed by atoms with E-state index in [0.717, 1.165) is 11.6 Å². The Morgan fingerprint density at radius 2 is 1.71 bits per heavy atom. The van der Waals surface area contributed by atoms with E-state index in [2.05, 4.69) is 15.0 Å². The van der Waals surface area contributed by atoms with E-state index in [4.69, 9.17) is 4.74 Å². The van der Waals surface area contributed by atoms with Crippen molar-refractivity contribution in [2.75, 3.05) is 0 Å². The van der Waals surface area contributed by atoms with Gasteiger partial charge >= 0.3 is 6.36 Å². The maximum Gasteiger partial charge on any atom is 0.573 e. The molecule has 0 aliphatic heterocycles. The molecule has 1 aromatic heterocycles. The van der Waals surface area contributed by atoms with Crippen LogP contribution in [0.5, 0.6) is 17.2 Å². The minimum absolute atomic E-state index is 0.208. The number of ether oxygens (including phenoxy) is 2. The molecule has 144 valence electrons. The van der Waals surface area contributed by atoms with Crippen LogP contribution in [0.4, 0.5) is 13.2 Å². The molecule has 0 bridgehead atoms. The van der Waals surface area contributed by atoms with Gasteiger partial charge in [0.15, 0.2) is 0 Å². The first-order valence-corrected chi connectivity index (χ1v) is 8.20. The van der Waals surface area contributed by atoms with Crippen LogP contribution in [0.3, 0.4) is 0 Å². The second-order valence-electron chi connectivity index (χ2n) is 5.69. The van der Waals surface area contributed by atoms with E-state index in [-0.39, 0.29) is 17.4 Å². The van der Waals surface area contributed by atoms with Gasteiger partial charge in [0.25, 0.3) is 5.91 Å². The van der Waals surface area contributed by atoms with Gasteiger partial charge in [-0.05, 0) is 42.0 Å². The van der Waals surface area contributed by atoms with Crippen LogP contribution in [0.25, 0.3) is 0 Å². The fourth-order valence-electron chi connectivity index (χ4n) is 2.33. The summed E-state index contributed by atoms with van der Waals surface area (Å²) in [5.41, 5.74) is 1.29. The highest BCUT2D eigenvalue weighted by atomic mass is 19.4. The van der Waals surface area contributed by atoms with Crippen LogP contribution >= 0.6 is 0 Å².